The van der Waals surface area contributed by atoms with Crippen LogP contribution in [0, 0.1) is 6.92 Å². The van der Waals surface area contributed by atoms with Crippen molar-refractivity contribution in [2.45, 2.75) is 30.4 Å². The topological polar surface area (TPSA) is 27.7 Å². The van der Waals surface area contributed by atoms with Gasteiger partial charge in [0, 0.05) is 23.4 Å². The summed E-state index contributed by atoms with van der Waals surface area (Å²) in [7, 11) is 1.67. The van der Waals surface area contributed by atoms with Gasteiger partial charge in [0.15, 0.2) is 0 Å². The van der Waals surface area contributed by atoms with E-state index in [0.717, 1.165) is 22.8 Å². The molecule has 2 rings (SSSR count). The molecule has 3 unspecified atom stereocenters. The van der Waals surface area contributed by atoms with Crippen molar-refractivity contribution >= 4 is 27.5 Å². The summed E-state index contributed by atoms with van der Waals surface area (Å²) in [5.41, 5.74) is 1.04. The van der Waals surface area contributed by atoms with Crippen LogP contribution < -0.4 is 4.74 Å². The van der Waals surface area contributed by atoms with Crippen molar-refractivity contribution in [2.24, 2.45) is 0 Å². The van der Waals surface area contributed by atoms with Crippen molar-refractivity contribution in [3.05, 3.63) is 28.8 Å². The van der Waals surface area contributed by atoms with Gasteiger partial charge < -0.3 is 14.2 Å². The lowest BCUT2D eigenvalue weighted by Crippen LogP contribution is -2.52. The highest BCUT2D eigenvalue weighted by molar-refractivity contribution is 9.09. The minimum Gasteiger partial charge on any atom is -0.487 e. The first kappa shape index (κ1) is 15.1. The minimum atomic E-state index is 0.0743. The molecule has 3 nitrogen and oxygen atoms in total. The van der Waals surface area contributed by atoms with E-state index in [0.29, 0.717) is 18.0 Å². The van der Waals surface area contributed by atoms with E-state index in [1.807, 2.05) is 25.1 Å². The molecule has 0 heterocycles. The molecular weight excluding hydrogens is 332 g/mol. The van der Waals surface area contributed by atoms with Crippen molar-refractivity contribution in [3.63, 3.8) is 0 Å². The number of hydrogen-bond donors (Lipinski definition) is 0. The average molecular weight is 350 g/mol. The lowest BCUT2D eigenvalue weighted by atomic mass is 9.91. The van der Waals surface area contributed by atoms with E-state index < -0.39 is 0 Å². The molecular formula is C14H18BrClO3. The Hall–Kier alpha value is -0.290. The van der Waals surface area contributed by atoms with Crippen molar-refractivity contribution < 1.29 is 14.2 Å². The molecule has 0 amide bonds. The van der Waals surface area contributed by atoms with Gasteiger partial charge in [-0.25, -0.2) is 0 Å². The zero-order chi connectivity index (χ0) is 13.8. The summed E-state index contributed by atoms with van der Waals surface area (Å²) in [4.78, 5) is 0.349. The number of halogens is 2. The summed E-state index contributed by atoms with van der Waals surface area (Å²) in [6, 6.07) is 5.66. The van der Waals surface area contributed by atoms with Gasteiger partial charge in [0.25, 0.3) is 0 Å². The van der Waals surface area contributed by atoms with Crippen LogP contribution >= 0.6 is 27.5 Å². The summed E-state index contributed by atoms with van der Waals surface area (Å²) < 4.78 is 16.7. The summed E-state index contributed by atoms with van der Waals surface area (Å²) in [6.45, 7) is 3.18. The van der Waals surface area contributed by atoms with E-state index >= 15 is 0 Å². The Bertz CT molecular complexity index is 427. The molecule has 19 heavy (non-hydrogen) atoms. The van der Waals surface area contributed by atoms with Gasteiger partial charge in [-0.3, -0.25) is 0 Å². The second-order valence-electron chi connectivity index (χ2n) is 4.65. The molecule has 1 aromatic carbocycles. The van der Waals surface area contributed by atoms with Crippen molar-refractivity contribution in [2.75, 3.05) is 20.3 Å². The molecule has 5 heteroatoms. The molecule has 0 spiro atoms. The van der Waals surface area contributed by atoms with E-state index in [-0.39, 0.29) is 12.2 Å². The number of hydrogen-bond acceptors (Lipinski definition) is 3. The molecule has 0 saturated heterocycles. The first-order chi connectivity index (χ1) is 9.11. The maximum absolute atomic E-state index is 6.00. The van der Waals surface area contributed by atoms with Gasteiger partial charge in [-0.1, -0.05) is 27.5 Å². The van der Waals surface area contributed by atoms with Gasteiger partial charge in [-0.05, 0) is 30.7 Å². The van der Waals surface area contributed by atoms with Gasteiger partial charge in [0.1, 0.15) is 18.0 Å². The van der Waals surface area contributed by atoms with E-state index in [4.69, 9.17) is 25.8 Å². The second-order valence-corrected chi connectivity index (χ2v) is 6.26. The molecule has 0 aliphatic heterocycles. The average Bonchev–Trinajstić information content (AvgIpc) is 2.37. The number of aryl methyl sites for hydroxylation is 1. The van der Waals surface area contributed by atoms with Crippen LogP contribution in [0.15, 0.2) is 18.2 Å². The normalized spacial score (nSPS) is 26.0. The van der Waals surface area contributed by atoms with Crippen molar-refractivity contribution in [1.29, 1.82) is 0 Å². The summed E-state index contributed by atoms with van der Waals surface area (Å²) in [5.74, 6) is 0.870. The fourth-order valence-electron chi connectivity index (χ4n) is 2.03. The van der Waals surface area contributed by atoms with Crippen LogP contribution in [-0.2, 0) is 9.47 Å². The predicted octanol–water partition coefficient (Wildman–Crippen LogP) is 3.59. The molecule has 1 aromatic rings. The van der Waals surface area contributed by atoms with Gasteiger partial charge >= 0.3 is 0 Å². The van der Waals surface area contributed by atoms with Gasteiger partial charge in [0.2, 0.25) is 0 Å². The Balaban J connectivity index is 1.91. The molecule has 3 atom stereocenters. The highest BCUT2D eigenvalue weighted by Gasteiger charge is 2.42. The Morgan fingerprint density at radius 3 is 2.79 bits per heavy atom. The van der Waals surface area contributed by atoms with Crippen molar-refractivity contribution in [1.82, 2.24) is 0 Å². The summed E-state index contributed by atoms with van der Waals surface area (Å²) >= 11 is 9.53. The van der Waals surface area contributed by atoms with Crippen LogP contribution in [0.4, 0.5) is 0 Å². The fraction of sp³-hybridized carbons (Fsp3) is 0.571. The molecule has 0 bridgehead atoms. The Kier molecular flexibility index (Phi) is 5.51. The van der Waals surface area contributed by atoms with Crippen LogP contribution in [0.1, 0.15) is 12.0 Å². The van der Waals surface area contributed by atoms with E-state index in [1.54, 1.807) is 7.11 Å². The Morgan fingerprint density at radius 1 is 1.37 bits per heavy atom. The molecule has 1 saturated carbocycles. The highest BCUT2D eigenvalue weighted by Crippen LogP contribution is 2.35. The Labute approximate surface area is 127 Å². The Morgan fingerprint density at radius 2 is 2.16 bits per heavy atom. The summed E-state index contributed by atoms with van der Waals surface area (Å²) in [5, 5.41) is 0.727. The number of benzene rings is 1. The smallest absolute Gasteiger partial charge is 0.127 e. The first-order valence-corrected chi connectivity index (χ1v) is 7.58. The molecule has 0 radical (unpaired) electrons. The van der Waals surface area contributed by atoms with E-state index in [1.165, 1.54) is 0 Å². The zero-order valence-electron chi connectivity index (χ0n) is 11.1. The number of ether oxygens (including phenoxy) is 3. The van der Waals surface area contributed by atoms with Gasteiger partial charge in [-0.2, -0.15) is 0 Å². The molecule has 0 aromatic heterocycles. The van der Waals surface area contributed by atoms with Crippen LogP contribution in [0.2, 0.25) is 5.02 Å². The standard InChI is InChI=1S/C14H18BrClO3/c1-9-7-10(16)3-4-12(9)19-13-8-11(15)14(13)18-6-5-17-2/h3-4,7,11,13-14H,5-6,8H2,1-2H3. The lowest BCUT2D eigenvalue weighted by molar-refractivity contribution is -0.0867. The third-order valence-corrected chi connectivity index (χ3v) is 4.32. The molecule has 1 aliphatic rings. The second kappa shape index (κ2) is 6.93. The van der Waals surface area contributed by atoms with E-state index in [2.05, 4.69) is 15.9 Å². The van der Waals surface area contributed by atoms with Crippen LogP contribution in [0.5, 0.6) is 5.75 Å². The monoisotopic (exact) mass is 348 g/mol. The maximum Gasteiger partial charge on any atom is 0.127 e. The largest absolute Gasteiger partial charge is 0.487 e. The van der Waals surface area contributed by atoms with Crippen molar-refractivity contribution in [3.8, 4) is 5.75 Å². The SMILES string of the molecule is COCCOC1C(Br)CC1Oc1ccc(Cl)cc1C. The van der Waals surface area contributed by atoms with E-state index in [9.17, 15) is 0 Å². The molecule has 1 fully saturated rings. The molecule has 0 N–H and O–H groups in total. The fourth-order valence-corrected chi connectivity index (χ4v) is 3.12. The number of alkyl halides is 1. The maximum atomic E-state index is 6.00. The third kappa shape index (κ3) is 3.85. The zero-order valence-corrected chi connectivity index (χ0v) is 13.4. The molecule has 106 valence electrons. The predicted molar refractivity (Wildman–Crippen MR) is 79.6 cm³/mol. The minimum absolute atomic E-state index is 0.0743. The van der Waals surface area contributed by atoms with Crippen LogP contribution in [-0.4, -0.2) is 37.4 Å². The third-order valence-electron chi connectivity index (χ3n) is 3.19. The van der Waals surface area contributed by atoms with Gasteiger partial charge in [0.05, 0.1) is 13.2 Å². The number of rotatable bonds is 6. The lowest BCUT2D eigenvalue weighted by Gasteiger charge is -2.41. The highest BCUT2D eigenvalue weighted by atomic mass is 79.9. The number of methoxy groups -OCH3 is 1. The van der Waals surface area contributed by atoms with Crippen LogP contribution in [0.3, 0.4) is 0 Å². The first-order valence-electron chi connectivity index (χ1n) is 6.29. The summed E-state index contributed by atoms with van der Waals surface area (Å²) in [6.07, 6.45) is 1.10. The molecule has 1 aliphatic carbocycles. The van der Waals surface area contributed by atoms with Gasteiger partial charge in [-0.15, -0.1) is 0 Å². The quantitative estimate of drug-likeness (QED) is 0.580. The van der Waals surface area contributed by atoms with Crippen LogP contribution in [0.25, 0.3) is 0 Å².